The molecule has 104 valence electrons. The number of carbonyl (C=O) groups excluding carboxylic acids is 1. The Hall–Kier alpha value is -2.90. The largest absolute Gasteiger partial charge is 0.502 e. The van der Waals surface area contributed by atoms with Gasteiger partial charge >= 0.3 is 11.7 Å². The van der Waals surface area contributed by atoms with Gasteiger partial charge in [0.1, 0.15) is 11.0 Å². The number of hydrogen-bond acceptors (Lipinski definition) is 7. The number of nitrogens with zero attached hydrogens (tertiary/aromatic N) is 1. The number of rotatable bonds is 3. The molecule has 0 atom stereocenters. The van der Waals surface area contributed by atoms with Crippen molar-refractivity contribution in [2.75, 3.05) is 6.61 Å². The van der Waals surface area contributed by atoms with Crippen molar-refractivity contribution in [1.29, 1.82) is 0 Å². The van der Waals surface area contributed by atoms with Crippen LogP contribution in [0, 0.1) is 10.1 Å². The lowest BCUT2D eigenvalue weighted by atomic mass is 10.1. The van der Waals surface area contributed by atoms with E-state index >= 15 is 0 Å². The van der Waals surface area contributed by atoms with Gasteiger partial charge in [-0.3, -0.25) is 14.9 Å². The van der Waals surface area contributed by atoms with E-state index in [0.717, 1.165) is 12.1 Å². The molecule has 0 bridgehead atoms. The number of hydrogen-bond donors (Lipinski definition) is 1. The molecule has 0 aliphatic carbocycles. The van der Waals surface area contributed by atoms with E-state index in [-0.39, 0.29) is 18.0 Å². The van der Waals surface area contributed by atoms with E-state index in [1.165, 1.54) is 6.07 Å². The van der Waals surface area contributed by atoms with Crippen molar-refractivity contribution in [3.63, 3.8) is 0 Å². The van der Waals surface area contributed by atoms with Crippen LogP contribution in [0.2, 0.25) is 0 Å². The van der Waals surface area contributed by atoms with E-state index in [1.54, 1.807) is 6.92 Å². The maximum absolute atomic E-state index is 11.9. The first-order valence-electron chi connectivity index (χ1n) is 5.57. The van der Waals surface area contributed by atoms with Crippen molar-refractivity contribution < 1.29 is 24.0 Å². The van der Waals surface area contributed by atoms with Crippen LogP contribution in [-0.4, -0.2) is 22.6 Å². The fourth-order valence-electron chi connectivity index (χ4n) is 1.71. The van der Waals surface area contributed by atoms with Crippen LogP contribution in [0.3, 0.4) is 0 Å². The Bertz CT molecular complexity index is 762. The minimum absolute atomic E-state index is 0.0936. The normalized spacial score (nSPS) is 10.4. The van der Waals surface area contributed by atoms with Crippen molar-refractivity contribution in [2.45, 2.75) is 6.92 Å². The van der Waals surface area contributed by atoms with E-state index in [2.05, 4.69) is 4.74 Å². The van der Waals surface area contributed by atoms with Crippen molar-refractivity contribution in [2.24, 2.45) is 0 Å². The van der Waals surface area contributed by atoms with E-state index in [9.17, 15) is 24.8 Å². The van der Waals surface area contributed by atoms with Crippen LogP contribution < -0.4 is 5.43 Å². The topological polar surface area (TPSA) is 120 Å². The summed E-state index contributed by atoms with van der Waals surface area (Å²) in [5.74, 6) is -1.86. The second-order valence-corrected chi connectivity index (χ2v) is 3.76. The van der Waals surface area contributed by atoms with E-state index in [4.69, 9.17) is 4.42 Å². The molecule has 1 N–H and O–H groups in total. The Morgan fingerprint density at radius 2 is 2.20 bits per heavy atom. The van der Waals surface area contributed by atoms with Crippen LogP contribution in [0.15, 0.2) is 27.4 Å². The molecule has 0 amide bonds. The summed E-state index contributed by atoms with van der Waals surface area (Å²) in [6.45, 7) is 1.68. The van der Waals surface area contributed by atoms with Gasteiger partial charge in [0.05, 0.1) is 11.5 Å². The molecule has 0 saturated heterocycles. The zero-order valence-electron chi connectivity index (χ0n) is 10.3. The van der Waals surface area contributed by atoms with E-state index in [0.29, 0.717) is 0 Å². The summed E-state index contributed by atoms with van der Waals surface area (Å²) in [6.07, 6.45) is 0. The fourth-order valence-corrected chi connectivity index (χ4v) is 1.71. The molecule has 0 spiro atoms. The summed E-state index contributed by atoms with van der Waals surface area (Å²) in [6, 6.07) is 2.98. The predicted molar refractivity (Wildman–Crippen MR) is 66.8 cm³/mol. The number of carbonyl (C=O) groups is 1. The first-order valence-corrected chi connectivity index (χ1v) is 5.57. The third kappa shape index (κ3) is 2.18. The number of nitro benzene ring substituents is 1. The molecule has 8 heteroatoms. The number of benzene rings is 1. The predicted octanol–water partition coefficient (Wildman–Crippen LogP) is 1.58. The highest BCUT2D eigenvalue weighted by molar-refractivity contribution is 5.93. The Kier molecular flexibility index (Phi) is 3.38. The van der Waals surface area contributed by atoms with Crippen LogP contribution in [0.4, 0.5) is 5.69 Å². The first kappa shape index (κ1) is 13.5. The number of phenols is 1. The monoisotopic (exact) mass is 279 g/mol. The molecule has 1 aromatic carbocycles. The van der Waals surface area contributed by atoms with Crippen LogP contribution in [0.5, 0.6) is 5.75 Å². The minimum atomic E-state index is -0.890. The van der Waals surface area contributed by atoms with Gasteiger partial charge in [0, 0.05) is 6.07 Å². The highest BCUT2D eigenvalue weighted by Gasteiger charge is 2.24. The second kappa shape index (κ2) is 5.00. The summed E-state index contributed by atoms with van der Waals surface area (Å²) < 4.78 is 9.79. The van der Waals surface area contributed by atoms with E-state index < -0.39 is 33.1 Å². The van der Waals surface area contributed by atoms with Crippen LogP contribution in [0.1, 0.15) is 17.5 Å². The number of phenolic OH excluding ortho intramolecular Hbond substituents is 1. The van der Waals surface area contributed by atoms with Crippen molar-refractivity contribution in [3.8, 4) is 5.75 Å². The third-order valence-corrected chi connectivity index (χ3v) is 2.51. The summed E-state index contributed by atoms with van der Waals surface area (Å²) in [4.78, 5) is 33.4. The van der Waals surface area contributed by atoms with Gasteiger partial charge in [-0.1, -0.05) is 0 Å². The van der Waals surface area contributed by atoms with Gasteiger partial charge in [0.25, 0.3) is 0 Å². The molecule has 1 heterocycles. The third-order valence-electron chi connectivity index (χ3n) is 2.51. The molecule has 0 aliphatic rings. The van der Waals surface area contributed by atoms with Gasteiger partial charge in [-0.05, 0) is 19.1 Å². The smallest absolute Gasteiger partial charge is 0.374 e. The average molecular weight is 279 g/mol. The molecular formula is C12H9NO7. The second-order valence-electron chi connectivity index (χ2n) is 3.76. The van der Waals surface area contributed by atoms with Crippen molar-refractivity contribution >= 4 is 22.6 Å². The van der Waals surface area contributed by atoms with Gasteiger partial charge in [-0.2, -0.15) is 0 Å². The summed E-state index contributed by atoms with van der Waals surface area (Å²) in [5, 5.41) is 19.9. The zero-order chi connectivity index (χ0) is 14.9. The molecule has 2 rings (SSSR count). The molecule has 20 heavy (non-hydrogen) atoms. The van der Waals surface area contributed by atoms with Gasteiger partial charge in [0.15, 0.2) is 5.75 Å². The van der Waals surface area contributed by atoms with Gasteiger partial charge in [-0.25, -0.2) is 4.79 Å². The molecule has 0 radical (unpaired) electrons. The van der Waals surface area contributed by atoms with Crippen LogP contribution >= 0.6 is 0 Å². The SMILES string of the molecule is CCOC(=O)c1cc(=O)c2c([N+](=O)[O-])c(O)ccc2o1. The maximum Gasteiger partial charge on any atom is 0.374 e. The Morgan fingerprint density at radius 3 is 2.80 bits per heavy atom. The number of ether oxygens (including phenoxy) is 1. The summed E-state index contributed by atoms with van der Waals surface area (Å²) in [7, 11) is 0. The maximum atomic E-state index is 11.9. The molecule has 1 aromatic heterocycles. The quantitative estimate of drug-likeness (QED) is 0.514. The fraction of sp³-hybridized carbons (Fsp3) is 0.167. The highest BCUT2D eigenvalue weighted by Crippen LogP contribution is 2.32. The van der Waals surface area contributed by atoms with E-state index in [1.807, 2.05) is 0 Å². The lowest BCUT2D eigenvalue weighted by molar-refractivity contribution is -0.384. The Balaban J connectivity index is 2.76. The molecule has 0 fully saturated rings. The molecule has 8 nitrogen and oxygen atoms in total. The molecule has 0 saturated carbocycles. The lowest BCUT2D eigenvalue weighted by Crippen LogP contribution is -2.11. The Morgan fingerprint density at radius 1 is 1.50 bits per heavy atom. The average Bonchev–Trinajstić information content (AvgIpc) is 2.38. The number of fused-ring (bicyclic) bond motifs is 1. The summed E-state index contributed by atoms with van der Waals surface area (Å²) in [5.41, 5.74) is -1.74. The van der Waals surface area contributed by atoms with Gasteiger partial charge in [0.2, 0.25) is 11.2 Å². The lowest BCUT2D eigenvalue weighted by Gasteiger charge is -2.04. The summed E-state index contributed by atoms with van der Waals surface area (Å²) >= 11 is 0. The first-order chi connectivity index (χ1) is 9.45. The van der Waals surface area contributed by atoms with Gasteiger partial charge < -0.3 is 14.3 Å². The number of esters is 1. The zero-order valence-corrected chi connectivity index (χ0v) is 10.3. The molecule has 0 unspecified atom stereocenters. The molecule has 0 aliphatic heterocycles. The van der Waals surface area contributed by atoms with Crippen molar-refractivity contribution in [3.05, 3.63) is 44.3 Å². The minimum Gasteiger partial charge on any atom is -0.502 e. The Labute approximate surface area is 111 Å². The standard InChI is InChI=1S/C12H9NO7/c1-2-19-12(16)9-5-7(15)10-8(20-9)4-3-6(14)11(10)13(17)18/h3-5,14H,2H2,1H3. The molecular weight excluding hydrogens is 270 g/mol. The van der Waals surface area contributed by atoms with Gasteiger partial charge in [-0.15, -0.1) is 0 Å². The number of aromatic hydroxyl groups is 1. The van der Waals surface area contributed by atoms with Crippen molar-refractivity contribution in [1.82, 2.24) is 0 Å². The van der Waals surface area contributed by atoms with Crippen LogP contribution in [-0.2, 0) is 4.74 Å². The molecule has 2 aromatic rings. The van der Waals surface area contributed by atoms with Crippen LogP contribution in [0.25, 0.3) is 11.0 Å². The number of nitro groups is 1. The highest BCUT2D eigenvalue weighted by atomic mass is 16.6.